The molecular formula is C10H22N2O4S. The van der Waals surface area contributed by atoms with Gasteiger partial charge in [0.15, 0.2) is 0 Å². The summed E-state index contributed by atoms with van der Waals surface area (Å²) in [6.07, 6.45) is 0.409. The van der Waals surface area contributed by atoms with Gasteiger partial charge in [0, 0.05) is 13.0 Å². The first-order valence-electron chi connectivity index (χ1n) is 5.60. The van der Waals surface area contributed by atoms with Crippen LogP contribution >= 0.6 is 0 Å². The lowest BCUT2D eigenvalue weighted by molar-refractivity contribution is -0.140. The lowest BCUT2D eigenvalue weighted by Crippen LogP contribution is -2.33. The van der Waals surface area contributed by atoms with E-state index in [4.69, 9.17) is 0 Å². The normalized spacial score (nSPS) is 13.4. The van der Waals surface area contributed by atoms with E-state index in [0.29, 0.717) is 6.54 Å². The molecule has 0 aliphatic heterocycles. The van der Waals surface area contributed by atoms with E-state index in [-0.39, 0.29) is 30.5 Å². The summed E-state index contributed by atoms with van der Waals surface area (Å²) in [6, 6.07) is 0. The lowest BCUT2D eigenvalue weighted by Gasteiger charge is -2.12. The van der Waals surface area contributed by atoms with Crippen LogP contribution in [-0.2, 0) is 19.6 Å². The zero-order chi connectivity index (χ0) is 13.3. The first kappa shape index (κ1) is 16.3. The van der Waals surface area contributed by atoms with E-state index in [0.717, 1.165) is 6.54 Å². The minimum absolute atomic E-state index is 0.0472. The highest BCUT2D eigenvalue weighted by molar-refractivity contribution is 7.89. The maximum atomic E-state index is 11.5. The van der Waals surface area contributed by atoms with Crippen molar-refractivity contribution >= 4 is 16.0 Å². The average Bonchev–Trinajstić information content (AvgIpc) is 2.26. The van der Waals surface area contributed by atoms with E-state index < -0.39 is 10.0 Å². The van der Waals surface area contributed by atoms with Gasteiger partial charge in [-0.25, -0.2) is 13.1 Å². The van der Waals surface area contributed by atoms with Gasteiger partial charge in [0.05, 0.1) is 12.9 Å². The molecule has 0 spiro atoms. The molecule has 0 aliphatic rings. The third kappa shape index (κ3) is 9.08. The molecule has 0 heterocycles. The Kier molecular flexibility index (Phi) is 8.11. The average molecular weight is 266 g/mol. The van der Waals surface area contributed by atoms with Crippen molar-refractivity contribution < 1.29 is 17.9 Å². The first-order chi connectivity index (χ1) is 7.91. The van der Waals surface area contributed by atoms with Crippen molar-refractivity contribution in [2.45, 2.75) is 19.8 Å². The van der Waals surface area contributed by atoms with Crippen LogP contribution in [-0.4, -0.2) is 47.4 Å². The van der Waals surface area contributed by atoms with Crippen LogP contribution in [0.1, 0.15) is 19.8 Å². The summed E-state index contributed by atoms with van der Waals surface area (Å²) >= 11 is 0. The molecule has 0 rings (SSSR count). The molecule has 102 valence electrons. The summed E-state index contributed by atoms with van der Waals surface area (Å²) in [7, 11) is -0.177. The summed E-state index contributed by atoms with van der Waals surface area (Å²) in [5.74, 6) is -0.201. The van der Waals surface area contributed by atoms with Crippen LogP contribution in [0.2, 0.25) is 0 Å². The second kappa shape index (κ2) is 8.43. The van der Waals surface area contributed by atoms with Crippen molar-refractivity contribution in [1.29, 1.82) is 0 Å². The maximum absolute atomic E-state index is 11.5. The predicted octanol–water partition coefficient (Wildman–Crippen LogP) is -0.285. The minimum atomic E-state index is -3.28. The van der Waals surface area contributed by atoms with Gasteiger partial charge in [-0.2, -0.15) is 0 Å². The fourth-order valence-electron chi connectivity index (χ4n) is 1.27. The quantitative estimate of drug-likeness (QED) is 0.560. The molecule has 0 aromatic carbocycles. The Bertz CT molecular complexity index is 316. The molecule has 1 atom stereocenters. The number of hydrogen-bond donors (Lipinski definition) is 2. The van der Waals surface area contributed by atoms with E-state index in [1.54, 1.807) is 0 Å². The number of methoxy groups -OCH3 is 1. The van der Waals surface area contributed by atoms with Crippen molar-refractivity contribution in [2.24, 2.45) is 5.92 Å². The molecule has 0 aliphatic carbocycles. The molecular weight excluding hydrogens is 244 g/mol. The van der Waals surface area contributed by atoms with Crippen molar-refractivity contribution in [2.75, 3.05) is 33.0 Å². The van der Waals surface area contributed by atoms with Gasteiger partial charge in [-0.3, -0.25) is 4.79 Å². The van der Waals surface area contributed by atoms with E-state index >= 15 is 0 Å². The number of ether oxygens (including phenoxy) is 1. The molecule has 0 amide bonds. The SMILES string of the molecule is CNCC(C)CNS(=O)(=O)CCCC(=O)OC. The number of rotatable bonds is 9. The van der Waals surface area contributed by atoms with Crippen LogP contribution in [0, 0.1) is 5.92 Å². The van der Waals surface area contributed by atoms with Crippen LogP contribution in [0.3, 0.4) is 0 Å². The highest BCUT2D eigenvalue weighted by Gasteiger charge is 2.12. The Hall–Kier alpha value is -0.660. The van der Waals surface area contributed by atoms with Crippen LogP contribution < -0.4 is 10.0 Å². The van der Waals surface area contributed by atoms with Crippen LogP contribution in [0.15, 0.2) is 0 Å². The zero-order valence-electron chi connectivity index (χ0n) is 10.7. The van der Waals surface area contributed by atoms with Gasteiger partial charge in [-0.15, -0.1) is 0 Å². The Morgan fingerprint density at radius 1 is 1.35 bits per heavy atom. The van der Waals surface area contributed by atoms with Gasteiger partial charge in [-0.05, 0) is 25.9 Å². The number of esters is 1. The van der Waals surface area contributed by atoms with Crippen LogP contribution in [0.5, 0.6) is 0 Å². The third-order valence-electron chi connectivity index (χ3n) is 2.23. The van der Waals surface area contributed by atoms with Crippen molar-refractivity contribution in [3.05, 3.63) is 0 Å². The van der Waals surface area contributed by atoms with Gasteiger partial charge in [0.1, 0.15) is 0 Å². The smallest absolute Gasteiger partial charge is 0.305 e. The van der Waals surface area contributed by atoms with Gasteiger partial charge in [0.25, 0.3) is 0 Å². The Morgan fingerprint density at radius 3 is 2.53 bits per heavy atom. The number of nitrogens with one attached hydrogen (secondary N) is 2. The third-order valence-corrected chi connectivity index (χ3v) is 3.66. The molecule has 0 aromatic rings. The second-order valence-corrected chi connectivity index (χ2v) is 5.94. The van der Waals surface area contributed by atoms with Gasteiger partial charge >= 0.3 is 5.97 Å². The maximum Gasteiger partial charge on any atom is 0.305 e. The van der Waals surface area contributed by atoms with E-state index in [1.807, 2.05) is 14.0 Å². The Balaban J connectivity index is 3.84. The number of carbonyl (C=O) groups excluding carboxylic acids is 1. The summed E-state index contributed by atoms with van der Waals surface area (Å²) in [4.78, 5) is 10.8. The number of sulfonamides is 1. The molecule has 0 fully saturated rings. The topological polar surface area (TPSA) is 84.5 Å². The lowest BCUT2D eigenvalue weighted by atomic mass is 10.2. The molecule has 0 radical (unpaired) electrons. The van der Waals surface area contributed by atoms with Gasteiger partial charge in [0.2, 0.25) is 10.0 Å². The fourth-order valence-corrected chi connectivity index (χ4v) is 2.48. The highest BCUT2D eigenvalue weighted by Crippen LogP contribution is 1.98. The summed E-state index contributed by atoms with van der Waals surface area (Å²) in [6.45, 7) is 3.11. The highest BCUT2D eigenvalue weighted by atomic mass is 32.2. The summed E-state index contributed by atoms with van der Waals surface area (Å²) in [5, 5.41) is 2.97. The number of hydrogen-bond acceptors (Lipinski definition) is 5. The van der Waals surface area contributed by atoms with E-state index in [2.05, 4.69) is 14.8 Å². The van der Waals surface area contributed by atoms with Crippen LogP contribution in [0.25, 0.3) is 0 Å². The Morgan fingerprint density at radius 2 is 2.00 bits per heavy atom. The summed E-state index contributed by atoms with van der Waals surface area (Å²) < 4.78 is 30.0. The first-order valence-corrected chi connectivity index (χ1v) is 7.25. The van der Waals surface area contributed by atoms with Crippen LogP contribution in [0.4, 0.5) is 0 Å². The predicted molar refractivity (Wildman–Crippen MR) is 66.1 cm³/mol. The van der Waals surface area contributed by atoms with E-state index in [9.17, 15) is 13.2 Å². The molecule has 1 unspecified atom stereocenters. The molecule has 0 saturated carbocycles. The fraction of sp³-hybridized carbons (Fsp3) is 0.900. The van der Waals surface area contributed by atoms with Crippen molar-refractivity contribution in [3.8, 4) is 0 Å². The summed E-state index contributed by atoms with van der Waals surface area (Å²) in [5.41, 5.74) is 0. The van der Waals surface area contributed by atoms with E-state index in [1.165, 1.54) is 7.11 Å². The second-order valence-electron chi connectivity index (χ2n) is 4.01. The van der Waals surface area contributed by atoms with Gasteiger partial charge in [-0.1, -0.05) is 6.92 Å². The molecule has 7 heteroatoms. The van der Waals surface area contributed by atoms with Gasteiger partial charge < -0.3 is 10.1 Å². The van der Waals surface area contributed by atoms with Crippen molar-refractivity contribution in [1.82, 2.24) is 10.0 Å². The Labute approximate surface area is 103 Å². The zero-order valence-corrected chi connectivity index (χ0v) is 11.5. The number of carbonyl (C=O) groups is 1. The molecule has 0 aromatic heterocycles. The standard InChI is InChI=1S/C10H22N2O4S/c1-9(7-11-2)8-12-17(14,15)6-4-5-10(13)16-3/h9,11-12H,4-8H2,1-3H3. The monoisotopic (exact) mass is 266 g/mol. The minimum Gasteiger partial charge on any atom is -0.469 e. The molecule has 0 saturated heterocycles. The molecule has 0 bridgehead atoms. The molecule has 17 heavy (non-hydrogen) atoms. The van der Waals surface area contributed by atoms with Crippen molar-refractivity contribution in [3.63, 3.8) is 0 Å². The molecule has 6 nitrogen and oxygen atoms in total. The largest absolute Gasteiger partial charge is 0.469 e. The molecule has 2 N–H and O–H groups in total.